The molecule has 0 bridgehead atoms. The molecule has 1 N–H and O–H groups in total. The zero-order valence-electron chi connectivity index (χ0n) is 12.9. The zero-order chi connectivity index (χ0) is 15.0. The molecule has 0 unspecified atom stereocenters. The minimum absolute atomic E-state index is 0.0949. The molecule has 3 rings (SSSR count). The monoisotopic (exact) mass is 293 g/mol. The van der Waals surface area contributed by atoms with Crippen LogP contribution in [0.5, 0.6) is 0 Å². The van der Waals surface area contributed by atoms with Crippen LogP contribution in [0.3, 0.4) is 0 Å². The van der Waals surface area contributed by atoms with E-state index in [1.54, 1.807) is 0 Å². The second-order valence-corrected chi connectivity index (χ2v) is 6.77. The minimum atomic E-state index is -0.103. The van der Waals surface area contributed by atoms with Gasteiger partial charge in [-0.1, -0.05) is 12.1 Å². The van der Waals surface area contributed by atoms with Crippen molar-refractivity contribution in [3.8, 4) is 0 Å². The van der Waals surface area contributed by atoms with Crippen LogP contribution in [0.4, 0.5) is 4.39 Å². The Kier molecular flexibility index (Phi) is 4.04. The number of aliphatic hydroxyl groups excluding tert-OH is 1. The van der Waals surface area contributed by atoms with Crippen molar-refractivity contribution in [2.24, 2.45) is 11.3 Å². The number of benzene rings is 1. The third-order valence-corrected chi connectivity index (χ3v) is 5.10. The first-order chi connectivity index (χ1) is 10.0. The van der Waals surface area contributed by atoms with E-state index in [1.165, 1.54) is 0 Å². The van der Waals surface area contributed by atoms with Crippen molar-refractivity contribution in [1.82, 2.24) is 4.90 Å². The summed E-state index contributed by atoms with van der Waals surface area (Å²) in [5, 5.41) is 9.80. The third-order valence-electron chi connectivity index (χ3n) is 5.10. The predicted octanol–water partition coefficient (Wildman–Crippen LogP) is 2.27. The van der Waals surface area contributed by atoms with Gasteiger partial charge < -0.3 is 9.84 Å². The molecular weight excluding hydrogens is 269 g/mol. The maximum atomic E-state index is 13.7. The fourth-order valence-corrected chi connectivity index (χ4v) is 3.94. The van der Waals surface area contributed by atoms with Gasteiger partial charge in [0.25, 0.3) is 0 Å². The molecule has 0 aromatic heterocycles. The highest BCUT2D eigenvalue weighted by Crippen LogP contribution is 2.41. The summed E-state index contributed by atoms with van der Waals surface area (Å²) in [6.07, 6.45) is 1.03. The van der Waals surface area contributed by atoms with E-state index in [4.69, 9.17) is 4.74 Å². The highest BCUT2D eigenvalue weighted by atomic mass is 19.1. The Morgan fingerprint density at radius 2 is 2.10 bits per heavy atom. The molecule has 2 fully saturated rings. The number of nitrogens with zero attached hydrogens (tertiary/aromatic N) is 1. The lowest BCUT2D eigenvalue weighted by Crippen LogP contribution is -2.42. The Morgan fingerprint density at radius 3 is 2.71 bits per heavy atom. The summed E-state index contributed by atoms with van der Waals surface area (Å²) in [5.41, 5.74) is 2.48. The first kappa shape index (κ1) is 14.9. The molecule has 0 radical (unpaired) electrons. The lowest BCUT2D eigenvalue weighted by Gasteiger charge is -2.36. The van der Waals surface area contributed by atoms with Crippen molar-refractivity contribution >= 4 is 0 Å². The van der Waals surface area contributed by atoms with Gasteiger partial charge in [-0.25, -0.2) is 4.39 Å². The number of aryl methyl sites for hydroxylation is 2. The van der Waals surface area contributed by atoms with Gasteiger partial charge in [-0.05, 0) is 42.9 Å². The lowest BCUT2D eigenvalue weighted by molar-refractivity contribution is -0.0561. The number of likely N-dealkylation sites (tertiary alicyclic amines) is 1. The smallest absolute Gasteiger partial charge is 0.129 e. The number of halogens is 1. The fraction of sp³-hybridized carbons (Fsp3) is 0.647. The Morgan fingerprint density at radius 1 is 1.38 bits per heavy atom. The van der Waals surface area contributed by atoms with Crippen LogP contribution in [-0.2, 0) is 11.3 Å². The molecule has 0 amide bonds. The molecule has 21 heavy (non-hydrogen) atoms. The molecule has 0 saturated carbocycles. The summed E-state index contributed by atoms with van der Waals surface area (Å²) in [7, 11) is 0. The molecule has 2 atom stereocenters. The van der Waals surface area contributed by atoms with Gasteiger partial charge >= 0.3 is 0 Å². The lowest BCUT2D eigenvalue weighted by atomic mass is 9.76. The number of hydrogen-bond acceptors (Lipinski definition) is 3. The van der Waals surface area contributed by atoms with Gasteiger partial charge in [0.2, 0.25) is 0 Å². The summed E-state index contributed by atoms with van der Waals surface area (Å²) < 4.78 is 19.3. The van der Waals surface area contributed by atoms with E-state index in [0.717, 1.165) is 38.2 Å². The molecule has 116 valence electrons. The average molecular weight is 293 g/mol. The highest BCUT2D eigenvalue weighted by molar-refractivity contribution is 5.30. The molecule has 0 spiro atoms. The highest BCUT2D eigenvalue weighted by Gasteiger charge is 2.47. The maximum absolute atomic E-state index is 13.7. The van der Waals surface area contributed by atoms with Crippen molar-refractivity contribution in [2.45, 2.75) is 26.8 Å². The van der Waals surface area contributed by atoms with E-state index in [9.17, 15) is 9.50 Å². The summed E-state index contributed by atoms with van der Waals surface area (Å²) in [5.74, 6) is 0.410. The molecule has 0 aliphatic carbocycles. The van der Waals surface area contributed by atoms with Crippen molar-refractivity contribution in [3.05, 3.63) is 34.6 Å². The fourth-order valence-electron chi connectivity index (χ4n) is 3.94. The molecule has 2 saturated heterocycles. The van der Waals surface area contributed by atoms with Crippen LogP contribution < -0.4 is 0 Å². The largest absolute Gasteiger partial charge is 0.396 e. The number of rotatable bonds is 3. The van der Waals surface area contributed by atoms with E-state index in [-0.39, 0.29) is 17.8 Å². The van der Waals surface area contributed by atoms with Gasteiger partial charge in [0, 0.05) is 31.7 Å². The van der Waals surface area contributed by atoms with Gasteiger partial charge in [-0.2, -0.15) is 0 Å². The number of aliphatic hydroxyl groups is 1. The zero-order valence-corrected chi connectivity index (χ0v) is 12.9. The van der Waals surface area contributed by atoms with E-state index in [0.29, 0.717) is 23.7 Å². The summed E-state index contributed by atoms with van der Waals surface area (Å²) in [4.78, 5) is 2.38. The topological polar surface area (TPSA) is 32.7 Å². The van der Waals surface area contributed by atoms with Crippen LogP contribution in [-0.4, -0.2) is 42.9 Å². The number of fused-ring (bicyclic) bond motifs is 1. The number of hydrogen-bond donors (Lipinski definition) is 1. The van der Waals surface area contributed by atoms with Crippen LogP contribution in [0.15, 0.2) is 12.1 Å². The van der Waals surface area contributed by atoms with Gasteiger partial charge in [0.1, 0.15) is 5.82 Å². The van der Waals surface area contributed by atoms with E-state index >= 15 is 0 Å². The van der Waals surface area contributed by atoms with Crippen molar-refractivity contribution in [1.29, 1.82) is 0 Å². The Bertz CT molecular complexity index is 511. The molecule has 2 heterocycles. The van der Waals surface area contributed by atoms with Crippen molar-refractivity contribution in [2.75, 3.05) is 32.9 Å². The predicted molar refractivity (Wildman–Crippen MR) is 79.6 cm³/mol. The average Bonchev–Trinajstić information content (AvgIpc) is 2.83. The summed E-state index contributed by atoms with van der Waals surface area (Å²) in [6.45, 7) is 7.97. The molecule has 2 aliphatic heterocycles. The van der Waals surface area contributed by atoms with E-state index in [1.807, 2.05) is 26.0 Å². The summed E-state index contributed by atoms with van der Waals surface area (Å²) in [6, 6.07) is 3.87. The van der Waals surface area contributed by atoms with Gasteiger partial charge in [-0.3, -0.25) is 4.90 Å². The quantitative estimate of drug-likeness (QED) is 0.928. The molecule has 1 aromatic rings. The molecular formula is C17H24FNO2. The standard InChI is InChI=1S/C17H24FNO2/c1-12-5-14(6-13(2)16(12)18)7-19-8-15-3-4-21-11-17(15,9-19)10-20/h5-6,15,20H,3-4,7-11H2,1-2H3/t15-,17+/m0/s1. The van der Waals surface area contributed by atoms with Gasteiger partial charge in [0.15, 0.2) is 0 Å². The van der Waals surface area contributed by atoms with E-state index < -0.39 is 0 Å². The van der Waals surface area contributed by atoms with Crippen LogP contribution in [0, 0.1) is 31.0 Å². The molecule has 1 aromatic carbocycles. The van der Waals surface area contributed by atoms with Gasteiger partial charge in [-0.15, -0.1) is 0 Å². The first-order valence-electron chi connectivity index (χ1n) is 7.71. The first-order valence-corrected chi connectivity index (χ1v) is 7.71. The normalized spacial score (nSPS) is 29.6. The Balaban J connectivity index is 1.75. The van der Waals surface area contributed by atoms with Crippen LogP contribution in [0.1, 0.15) is 23.1 Å². The Hall–Kier alpha value is -0.970. The van der Waals surface area contributed by atoms with Crippen LogP contribution in [0.25, 0.3) is 0 Å². The van der Waals surface area contributed by atoms with E-state index in [2.05, 4.69) is 4.90 Å². The molecule has 4 heteroatoms. The maximum Gasteiger partial charge on any atom is 0.129 e. The minimum Gasteiger partial charge on any atom is -0.396 e. The summed E-state index contributed by atoms with van der Waals surface area (Å²) >= 11 is 0. The Labute approximate surface area is 125 Å². The second kappa shape index (κ2) is 5.67. The van der Waals surface area contributed by atoms with Crippen molar-refractivity contribution in [3.63, 3.8) is 0 Å². The SMILES string of the molecule is Cc1cc(CN2C[C@@H]3CCOC[C@]3(CO)C2)cc(C)c1F. The number of ether oxygens (including phenoxy) is 1. The molecule has 3 nitrogen and oxygen atoms in total. The second-order valence-electron chi connectivity index (χ2n) is 6.77. The third kappa shape index (κ3) is 2.72. The van der Waals surface area contributed by atoms with Crippen LogP contribution >= 0.6 is 0 Å². The van der Waals surface area contributed by atoms with Crippen LogP contribution in [0.2, 0.25) is 0 Å². The molecule has 2 aliphatic rings. The van der Waals surface area contributed by atoms with Gasteiger partial charge in [0.05, 0.1) is 13.2 Å². The van der Waals surface area contributed by atoms with Crippen molar-refractivity contribution < 1.29 is 14.2 Å².